The average molecular weight is 450 g/mol. The van der Waals surface area contributed by atoms with Gasteiger partial charge in [-0.05, 0) is 48.9 Å². The zero-order valence-electron chi connectivity index (χ0n) is 16.1. The molecular weight excluding hydrogens is 425 g/mol. The maximum atomic E-state index is 13.9. The van der Waals surface area contributed by atoms with Gasteiger partial charge in [-0.25, -0.2) is 4.39 Å². The molecule has 3 rings (SSSR count). The fraction of sp³-hybridized carbons (Fsp3) is 0.381. The van der Waals surface area contributed by atoms with E-state index >= 15 is 0 Å². The van der Waals surface area contributed by atoms with E-state index in [1.807, 2.05) is 37.3 Å². The summed E-state index contributed by atoms with van der Waals surface area (Å²) in [4.78, 5) is 17.0. The summed E-state index contributed by atoms with van der Waals surface area (Å²) < 4.78 is 19.8. The zero-order valence-corrected chi connectivity index (χ0v) is 17.7. The molecule has 28 heavy (non-hydrogen) atoms. The van der Waals surface area contributed by atoms with Gasteiger partial charge >= 0.3 is 0 Å². The van der Waals surface area contributed by atoms with Crippen LogP contribution < -0.4 is 10.1 Å². The van der Waals surface area contributed by atoms with Gasteiger partial charge in [0.2, 0.25) is 5.91 Å². The minimum absolute atomic E-state index is 0.00648. The summed E-state index contributed by atoms with van der Waals surface area (Å²) in [5.41, 5.74) is 1.72. The van der Waals surface area contributed by atoms with Crippen LogP contribution in [0.25, 0.3) is 0 Å². The normalized spacial score (nSPS) is 16.6. The molecule has 1 atom stereocenters. The Morgan fingerprint density at radius 3 is 2.46 bits per heavy atom. The van der Waals surface area contributed by atoms with E-state index in [0.29, 0.717) is 6.54 Å². The van der Waals surface area contributed by atoms with Crippen LogP contribution in [0.15, 0.2) is 46.9 Å². The molecule has 1 aliphatic rings. The number of nitrogens with one attached hydrogen (secondary N) is 1. The Morgan fingerprint density at radius 2 is 1.86 bits per heavy atom. The van der Waals surface area contributed by atoms with Crippen molar-refractivity contribution in [1.29, 1.82) is 0 Å². The van der Waals surface area contributed by atoms with Gasteiger partial charge in [0.05, 0.1) is 13.2 Å². The standard InChI is InChI=1S/C21H25BrFN3O2/c1-15(21(27)24-18-6-4-17(22)5-7-18)26-11-9-25(10-12-26)14-16-3-8-20(28-2)19(23)13-16/h3-8,13,15H,9-12,14H2,1-2H3,(H,24,27)/t15-/m0/s1. The Hall–Kier alpha value is -1.96. The molecule has 1 heterocycles. The van der Waals surface area contributed by atoms with Gasteiger partial charge in [-0.3, -0.25) is 14.6 Å². The molecular formula is C21H25BrFN3O2. The van der Waals surface area contributed by atoms with Crippen molar-refractivity contribution in [2.75, 3.05) is 38.6 Å². The monoisotopic (exact) mass is 449 g/mol. The van der Waals surface area contributed by atoms with Gasteiger partial charge in [-0.2, -0.15) is 0 Å². The number of hydrogen-bond acceptors (Lipinski definition) is 4. The highest BCUT2D eigenvalue weighted by Crippen LogP contribution is 2.20. The van der Waals surface area contributed by atoms with Crippen LogP contribution in [0, 0.1) is 5.82 Å². The van der Waals surface area contributed by atoms with Crippen molar-refractivity contribution in [3.05, 3.63) is 58.3 Å². The highest BCUT2D eigenvalue weighted by molar-refractivity contribution is 9.10. The van der Waals surface area contributed by atoms with Crippen LogP contribution in [0.4, 0.5) is 10.1 Å². The molecule has 1 amide bonds. The van der Waals surface area contributed by atoms with Gasteiger partial charge in [0, 0.05) is 42.9 Å². The van der Waals surface area contributed by atoms with Gasteiger partial charge in [0.1, 0.15) is 0 Å². The Morgan fingerprint density at radius 1 is 1.18 bits per heavy atom. The molecule has 2 aromatic rings. The van der Waals surface area contributed by atoms with Crippen LogP contribution in [0.1, 0.15) is 12.5 Å². The lowest BCUT2D eigenvalue weighted by molar-refractivity contribution is -0.121. The van der Waals surface area contributed by atoms with E-state index in [-0.39, 0.29) is 23.5 Å². The SMILES string of the molecule is COc1ccc(CN2CCN([C@@H](C)C(=O)Nc3ccc(Br)cc3)CC2)cc1F. The molecule has 7 heteroatoms. The molecule has 1 N–H and O–H groups in total. The van der Waals surface area contributed by atoms with Crippen LogP contribution in [-0.2, 0) is 11.3 Å². The molecule has 0 aromatic heterocycles. The number of rotatable bonds is 6. The van der Waals surface area contributed by atoms with Crippen molar-refractivity contribution in [2.45, 2.75) is 19.5 Å². The molecule has 150 valence electrons. The summed E-state index contributed by atoms with van der Waals surface area (Å²) in [6, 6.07) is 12.4. The predicted octanol–water partition coefficient (Wildman–Crippen LogP) is 3.74. The summed E-state index contributed by atoms with van der Waals surface area (Å²) in [5, 5.41) is 2.97. The minimum atomic E-state index is -0.336. The first-order chi connectivity index (χ1) is 13.5. The van der Waals surface area contributed by atoms with Crippen LogP contribution in [0.5, 0.6) is 5.75 Å². The van der Waals surface area contributed by atoms with Crippen LogP contribution >= 0.6 is 15.9 Å². The van der Waals surface area contributed by atoms with Crippen molar-refractivity contribution in [1.82, 2.24) is 9.80 Å². The summed E-state index contributed by atoms with van der Waals surface area (Å²) in [7, 11) is 1.46. The molecule has 1 saturated heterocycles. The van der Waals surface area contributed by atoms with Gasteiger partial charge in [-0.1, -0.05) is 22.0 Å². The summed E-state index contributed by atoms with van der Waals surface area (Å²) >= 11 is 3.39. The Bertz CT molecular complexity index is 808. The van der Waals surface area contributed by atoms with E-state index in [1.165, 1.54) is 13.2 Å². The van der Waals surface area contributed by atoms with Crippen molar-refractivity contribution in [3.8, 4) is 5.75 Å². The van der Waals surface area contributed by atoms with E-state index in [2.05, 4.69) is 31.0 Å². The van der Waals surface area contributed by atoms with Crippen molar-refractivity contribution >= 4 is 27.5 Å². The number of amides is 1. The quantitative estimate of drug-likeness (QED) is 0.729. The number of carbonyl (C=O) groups is 1. The fourth-order valence-corrected chi connectivity index (χ4v) is 3.59. The Labute approximate surface area is 173 Å². The lowest BCUT2D eigenvalue weighted by Gasteiger charge is -2.37. The third-order valence-corrected chi connectivity index (χ3v) is 5.60. The lowest BCUT2D eigenvalue weighted by Crippen LogP contribution is -2.52. The zero-order chi connectivity index (χ0) is 20.1. The second kappa shape index (κ2) is 9.49. The van der Waals surface area contributed by atoms with Gasteiger partial charge in [-0.15, -0.1) is 0 Å². The number of piperazine rings is 1. The van der Waals surface area contributed by atoms with Crippen LogP contribution in [0.3, 0.4) is 0 Å². The van der Waals surface area contributed by atoms with Gasteiger partial charge in [0.15, 0.2) is 11.6 Å². The number of ether oxygens (including phenoxy) is 1. The lowest BCUT2D eigenvalue weighted by atomic mass is 10.1. The first kappa shape index (κ1) is 20.8. The molecule has 0 saturated carbocycles. The van der Waals surface area contributed by atoms with Crippen LogP contribution in [-0.4, -0.2) is 55.0 Å². The predicted molar refractivity (Wildman–Crippen MR) is 112 cm³/mol. The third kappa shape index (κ3) is 5.31. The first-order valence-electron chi connectivity index (χ1n) is 9.31. The largest absolute Gasteiger partial charge is 0.494 e. The van der Waals surface area contributed by atoms with Crippen molar-refractivity contribution in [3.63, 3.8) is 0 Å². The van der Waals surface area contributed by atoms with E-state index in [0.717, 1.165) is 41.9 Å². The number of nitrogens with zero attached hydrogens (tertiary/aromatic N) is 2. The second-order valence-electron chi connectivity index (χ2n) is 6.95. The smallest absolute Gasteiger partial charge is 0.241 e. The van der Waals surface area contributed by atoms with Gasteiger partial charge in [0.25, 0.3) is 0 Å². The molecule has 0 bridgehead atoms. The molecule has 0 radical (unpaired) electrons. The summed E-state index contributed by atoms with van der Waals surface area (Å²) in [6.07, 6.45) is 0. The number of methoxy groups -OCH3 is 1. The summed E-state index contributed by atoms with van der Waals surface area (Å²) in [5.74, 6) is -0.0796. The maximum absolute atomic E-state index is 13.9. The number of carbonyl (C=O) groups excluding carboxylic acids is 1. The highest BCUT2D eigenvalue weighted by Gasteiger charge is 2.25. The first-order valence-corrected chi connectivity index (χ1v) is 10.1. The Kier molecular flexibility index (Phi) is 7.04. The maximum Gasteiger partial charge on any atom is 0.241 e. The molecule has 2 aromatic carbocycles. The topological polar surface area (TPSA) is 44.8 Å². The fourth-order valence-electron chi connectivity index (χ4n) is 3.32. The highest BCUT2D eigenvalue weighted by atomic mass is 79.9. The number of benzene rings is 2. The third-order valence-electron chi connectivity index (χ3n) is 5.07. The molecule has 0 spiro atoms. The van der Waals surface area contributed by atoms with Crippen molar-refractivity contribution in [2.24, 2.45) is 0 Å². The van der Waals surface area contributed by atoms with E-state index < -0.39 is 0 Å². The minimum Gasteiger partial charge on any atom is -0.494 e. The van der Waals surface area contributed by atoms with E-state index in [9.17, 15) is 9.18 Å². The number of halogens is 2. The van der Waals surface area contributed by atoms with Crippen molar-refractivity contribution < 1.29 is 13.9 Å². The molecule has 5 nitrogen and oxygen atoms in total. The summed E-state index contributed by atoms with van der Waals surface area (Å²) in [6.45, 7) is 5.89. The molecule has 1 fully saturated rings. The van der Waals surface area contributed by atoms with E-state index in [1.54, 1.807) is 6.07 Å². The van der Waals surface area contributed by atoms with Crippen LogP contribution in [0.2, 0.25) is 0 Å². The molecule has 0 unspecified atom stereocenters. The number of anilines is 1. The number of hydrogen-bond donors (Lipinski definition) is 1. The second-order valence-corrected chi connectivity index (χ2v) is 7.87. The van der Waals surface area contributed by atoms with E-state index in [4.69, 9.17) is 4.74 Å². The molecule has 1 aliphatic heterocycles. The average Bonchev–Trinajstić information content (AvgIpc) is 2.70. The van der Waals surface area contributed by atoms with Gasteiger partial charge < -0.3 is 10.1 Å². The Balaban J connectivity index is 1.49. The molecule has 0 aliphatic carbocycles.